The zero-order chi connectivity index (χ0) is 22.5. The van der Waals surface area contributed by atoms with Gasteiger partial charge < -0.3 is 0 Å². The van der Waals surface area contributed by atoms with Gasteiger partial charge in [-0.05, 0) is 37.1 Å². The molecule has 12 heteroatoms. The lowest BCUT2D eigenvalue weighted by Gasteiger charge is -2.34. The van der Waals surface area contributed by atoms with E-state index in [1.807, 2.05) is 42.6 Å². The van der Waals surface area contributed by atoms with Crippen molar-refractivity contribution >= 4 is 43.7 Å². The maximum absolute atomic E-state index is 13.2. The van der Waals surface area contributed by atoms with E-state index in [2.05, 4.69) is 15.3 Å². The van der Waals surface area contributed by atoms with E-state index >= 15 is 0 Å². The molecule has 164 valence electrons. The molecule has 1 saturated heterocycles. The Morgan fingerprint density at radius 3 is 2.56 bits per heavy atom. The topological polar surface area (TPSA) is 127 Å². The standard InChI is InChI=1S/C20H19N7O3S2/c1-13-18(32(21,29)30)31-19(23-13)26-10-3-9-25(20(26)28)15-7-5-14(6-8-15)16-4-2-11-27-17(16)12-22-24-27/h2,4-8,11-12H,3,9-10H2,1H3,(H2,21,29,30). The molecule has 0 aliphatic carbocycles. The fourth-order valence-corrected chi connectivity index (χ4v) is 5.77. The van der Waals surface area contributed by atoms with Gasteiger partial charge in [0.1, 0.15) is 0 Å². The number of amides is 2. The van der Waals surface area contributed by atoms with E-state index in [-0.39, 0.29) is 10.2 Å². The molecule has 32 heavy (non-hydrogen) atoms. The molecule has 1 aliphatic rings. The molecule has 0 saturated carbocycles. The number of anilines is 2. The van der Waals surface area contributed by atoms with Crippen molar-refractivity contribution < 1.29 is 13.2 Å². The first-order valence-electron chi connectivity index (χ1n) is 9.82. The molecule has 2 amide bonds. The molecule has 0 atom stereocenters. The minimum atomic E-state index is -3.88. The largest absolute Gasteiger partial charge is 0.330 e. The third-order valence-electron chi connectivity index (χ3n) is 5.29. The quantitative estimate of drug-likeness (QED) is 0.490. The second-order valence-electron chi connectivity index (χ2n) is 7.39. The summed E-state index contributed by atoms with van der Waals surface area (Å²) in [5.41, 5.74) is 3.92. The van der Waals surface area contributed by atoms with Crippen LogP contribution in [0.15, 0.2) is 53.0 Å². The summed E-state index contributed by atoms with van der Waals surface area (Å²) in [7, 11) is -3.88. The van der Waals surface area contributed by atoms with E-state index in [4.69, 9.17) is 5.14 Å². The molecule has 2 N–H and O–H groups in total. The van der Waals surface area contributed by atoms with Gasteiger partial charge in [0, 0.05) is 30.5 Å². The highest BCUT2D eigenvalue weighted by atomic mass is 32.2. The fourth-order valence-electron chi connectivity index (χ4n) is 3.81. The lowest BCUT2D eigenvalue weighted by Crippen LogP contribution is -2.49. The molecule has 0 bridgehead atoms. The molecular formula is C20H19N7O3S2. The predicted molar refractivity (Wildman–Crippen MR) is 121 cm³/mol. The lowest BCUT2D eigenvalue weighted by atomic mass is 10.1. The van der Waals surface area contributed by atoms with Gasteiger partial charge >= 0.3 is 6.03 Å². The molecule has 0 unspecified atom stereocenters. The van der Waals surface area contributed by atoms with Gasteiger partial charge in [0.05, 0.1) is 17.4 Å². The van der Waals surface area contributed by atoms with Crippen molar-refractivity contribution in [2.24, 2.45) is 5.14 Å². The number of rotatable bonds is 4. The summed E-state index contributed by atoms with van der Waals surface area (Å²) < 4.78 is 25.2. The average Bonchev–Trinajstić information content (AvgIpc) is 3.40. The van der Waals surface area contributed by atoms with Gasteiger partial charge in [-0.15, -0.1) is 5.10 Å². The zero-order valence-electron chi connectivity index (χ0n) is 17.0. The van der Waals surface area contributed by atoms with Crippen molar-refractivity contribution in [3.05, 3.63) is 54.5 Å². The summed E-state index contributed by atoms with van der Waals surface area (Å²) in [5, 5.41) is 13.6. The van der Waals surface area contributed by atoms with Gasteiger partial charge in [0.2, 0.25) is 10.0 Å². The Morgan fingerprint density at radius 2 is 1.84 bits per heavy atom. The number of aromatic nitrogens is 4. The Morgan fingerprint density at radius 1 is 1.09 bits per heavy atom. The fraction of sp³-hybridized carbons (Fsp3) is 0.200. The van der Waals surface area contributed by atoms with Crippen molar-refractivity contribution in [2.45, 2.75) is 17.6 Å². The summed E-state index contributed by atoms with van der Waals surface area (Å²) in [6, 6.07) is 11.4. The lowest BCUT2D eigenvalue weighted by molar-refractivity contribution is 0.248. The minimum absolute atomic E-state index is 0.0229. The van der Waals surface area contributed by atoms with Crippen LogP contribution in [0.3, 0.4) is 0 Å². The van der Waals surface area contributed by atoms with Crippen LogP contribution in [0.2, 0.25) is 0 Å². The highest BCUT2D eigenvalue weighted by Crippen LogP contribution is 2.33. The number of urea groups is 1. The number of pyridine rings is 1. The monoisotopic (exact) mass is 469 g/mol. The van der Waals surface area contributed by atoms with Crippen LogP contribution in [0.4, 0.5) is 15.6 Å². The average molecular weight is 470 g/mol. The SMILES string of the molecule is Cc1nc(N2CCCN(c3ccc(-c4cccn5nncc45)cc3)C2=O)sc1S(N)(=O)=O. The van der Waals surface area contributed by atoms with E-state index < -0.39 is 10.0 Å². The van der Waals surface area contributed by atoms with Crippen LogP contribution in [0, 0.1) is 6.92 Å². The van der Waals surface area contributed by atoms with E-state index in [9.17, 15) is 13.2 Å². The molecule has 0 radical (unpaired) electrons. The minimum Gasteiger partial charge on any atom is -0.294 e. The number of nitrogens with zero attached hydrogens (tertiary/aromatic N) is 6. The maximum Gasteiger partial charge on any atom is 0.330 e. The summed E-state index contributed by atoms with van der Waals surface area (Å²) in [4.78, 5) is 20.7. The van der Waals surface area contributed by atoms with Crippen molar-refractivity contribution in [3.8, 4) is 11.1 Å². The van der Waals surface area contributed by atoms with Crippen LogP contribution < -0.4 is 14.9 Å². The molecule has 1 fully saturated rings. The van der Waals surface area contributed by atoms with Crippen molar-refractivity contribution in [1.29, 1.82) is 0 Å². The molecule has 10 nitrogen and oxygen atoms in total. The van der Waals surface area contributed by atoms with Crippen LogP contribution in [0.25, 0.3) is 16.6 Å². The second-order valence-corrected chi connectivity index (χ2v) is 10.1. The van der Waals surface area contributed by atoms with Crippen molar-refractivity contribution in [2.75, 3.05) is 22.9 Å². The smallest absolute Gasteiger partial charge is 0.294 e. The number of primary sulfonamides is 1. The number of hydrogen-bond donors (Lipinski definition) is 1. The zero-order valence-corrected chi connectivity index (χ0v) is 18.7. The number of sulfonamides is 1. The number of nitrogens with two attached hydrogens (primary N) is 1. The molecule has 3 aromatic heterocycles. The Hall–Kier alpha value is -3.35. The number of thiazole rings is 1. The third kappa shape index (κ3) is 3.51. The van der Waals surface area contributed by atoms with Crippen molar-refractivity contribution in [3.63, 3.8) is 0 Å². The van der Waals surface area contributed by atoms with Crippen molar-refractivity contribution in [1.82, 2.24) is 19.8 Å². The normalized spacial score (nSPS) is 15.0. The molecule has 4 aromatic rings. The summed E-state index contributed by atoms with van der Waals surface area (Å²) in [5.74, 6) is 0. The Labute approximate surface area is 188 Å². The van der Waals surface area contributed by atoms with E-state index in [1.54, 1.807) is 22.5 Å². The van der Waals surface area contributed by atoms with E-state index in [0.717, 1.165) is 40.1 Å². The molecule has 0 spiro atoms. The Kier molecular flexibility index (Phi) is 4.92. The first kappa shape index (κ1) is 20.5. The number of hydrogen-bond acceptors (Lipinski definition) is 7. The number of fused-ring (bicyclic) bond motifs is 1. The van der Waals surface area contributed by atoms with Gasteiger partial charge in [-0.25, -0.2) is 27.9 Å². The summed E-state index contributed by atoms with van der Waals surface area (Å²) in [6.07, 6.45) is 4.27. The highest BCUT2D eigenvalue weighted by molar-refractivity contribution is 7.91. The summed E-state index contributed by atoms with van der Waals surface area (Å²) >= 11 is 0.916. The van der Waals surface area contributed by atoms with Crippen LogP contribution in [0.1, 0.15) is 12.1 Å². The number of carbonyl (C=O) groups excluding carboxylic acids is 1. The number of aryl methyl sites for hydroxylation is 1. The predicted octanol–water partition coefficient (Wildman–Crippen LogP) is 2.65. The first-order valence-corrected chi connectivity index (χ1v) is 12.2. The number of carbonyl (C=O) groups is 1. The molecular weight excluding hydrogens is 450 g/mol. The molecule has 1 aliphatic heterocycles. The summed E-state index contributed by atoms with van der Waals surface area (Å²) in [6.45, 7) is 2.59. The van der Waals surface area contributed by atoms with E-state index in [0.29, 0.717) is 23.9 Å². The highest BCUT2D eigenvalue weighted by Gasteiger charge is 2.31. The second kappa shape index (κ2) is 7.65. The molecule has 1 aromatic carbocycles. The molecule has 5 rings (SSSR count). The van der Waals surface area contributed by atoms with Crippen LogP contribution in [0.5, 0.6) is 0 Å². The Balaban J connectivity index is 1.43. The van der Waals surface area contributed by atoms with Crippen LogP contribution >= 0.6 is 11.3 Å². The van der Waals surface area contributed by atoms with Crippen LogP contribution in [-0.2, 0) is 10.0 Å². The van der Waals surface area contributed by atoms with Gasteiger partial charge in [-0.3, -0.25) is 9.80 Å². The van der Waals surface area contributed by atoms with E-state index in [1.165, 1.54) is 4.90 Å². The first-order chi connectivity index (χ1) is 15.3. The van der Waals surface area contributed by atoms with Gasteiger partial charge in [-0.2, -0.15) is 0 Å². The van der Waals surface area contributed by atoms with Gasteiger partial charge in [0.25, 0.3) is 0 Å². The van der Waals surface area contributed by atoms with Crippen LogP contribution in [-0.4, -0.2) is 47.3 Å². The molecule has 4 heterocycles. The Bertz CT molecular complexity index is 1430. The third-order valence-corrected chi connectivity index (χ3v) is 8.02. The number of benzene rings is 1. The van der Waals surface area contributed by atoms with Gasteiger partial charge in [0.15, 0.2) is 9.34 Å². The van der Waals surface area contributed by atoms with Gasteiger partial charge in [-0.1, -0.05) is 34.7 Å². The maximum atomic E-state index is 13.2.